The standard InChI is InChI=1S/C14H27N3O4/c1-16(11-8-21-9-12(18)14(11)20)6-10-2-4-17(5-3-10)7-13(15)19/h10-12,14,18,20H,2-9H2,1H3,(H2,15,19)/t11-,12-,14+/m1/s1. The van der Waals surface area contributed by atoms with Gasteiger partial charge < -0.3 is 20.7 Å². The van der Waals surface area contributed by atoms with Crippen LogP contribution in [0.25, 0.3) is 0 Å². The topological polar surface area (TPSA) is 99.3 Å². The van der Waals surface area contributed by atoms with Gasteiger partial charge in [-0.05, 0) is 38.9 Å². The fourth-order valence-corrected chi connectivity index (χ4v) is 3.24. The van der Waals surface area contributed by atoms with Crippen molar-refractivity contribution in [2.75, 3.05) is 46.4 Å². The molecule has 21 heavy (non-hydrogen) atoms. The Morgan fingerprint density at radius 1 is 1.33 bits per heavy atom. The van der Waals surface area contributed by atoms with Crippen LogP contribution in [0.5, 0.6) is 0 Å². The monoisotopic (exact) mass is 301 g/mol. The van der Waals surface area contributed by atoms with E-state index in [-0.39, 0.29) is 18.6 Å². The van der Waals surface area contributed by atoms with Crippen LogP contribution in [0, 0.1) is 5.92 Å². The molecule has 0 radical (unpaired) electrons. The predicted molar refractivity (Wildman–Crippen MR) is 77.6 cm³/mol. The molecule has 0 unspecified atom stereocenters. The van der Waals surface area contributed by atoms with Crippen molar-refractivity contribution >= 4 is 5.91 Å². The number of nitrogens with two attached hydrogens (primary N) is 1. The third-order valence-electron chi connectivity index (χ3n) is 4.56. The van der Waals surface area contributed by atoms with Crippen molar-refractivity contribution < 1.29 is 19.7 Å². The van der Waals surface area contributed by atoms with Gasteiger partial charge in [0.25, 0.3) is 0 Å². The number of primary amides is 1. The highest BCUT2D eigenvalue weighted by molar-refractivity contribution is 5.75. The van der Waals surface area contributed by atoms with Crippen LogP contribution in [0.4, 0.5) is 0 Å². The van der Waals surface area contributed by atoms with Gasteiger partial charge in [0, 0.05) is 6.54 Å². The molecule has 0 saturated carbocycles. The summed E-state index contributed by atoms with van der Waals surface area (Å²) >= 11 is 0. The summed E-state index contributed by atoms with van der Waals surface area (Å²) in [4.78, 5) is 15.1. The van der Waals surface area contributed by atoms with E-state index in [1.54, 1.807) is 0 Å². The molecular formula is C14H27N3O4. The summed E-state index contributed by atoms with van der Waals surface area (Å²) in [7, 11) is 1.96. The second-order valence-electron chi connectivity index (χ2n) is 6.29. The maximum atomic E-state index is 10.9. The molecule has 3 atom stereocenters. The molecule has 7 nitrogen and oxygen atoms in total. The van der Waals surface area contributed by atoms with Gasteiger partial charge in [-0.25, -0.2) is 0 Å². The SMILES string of the molecule is CN(CC1CCN(CC(N)=O)CC1)[C@@H]1COC[C@@H](O)[C@H]1O. The van der Waals surface area contributed by atoms with E-state index in [1.807, 2.05) is 7.05 Å². The minimum absolute atomic E-state index is 0.155. The van der Waals surface area contributed by atoms with Crippen LogP contribution < -0.4 is 5.73 Å². The van der Waals surface area contributed by atoms with E-state index in [0.29, 0.717) is 19.1 Å². The first-order chi connectivity index (χ1) is 9.97. The zero-order valence-electron chi connectivity index (χ0n) is 12.6. The summed E-state index contributed by atoms with van der Waals surface area (Å²) in [6.07, 6.45) is 0.482. The first kappa shape index (κ1) is 16.6. The number of aliphatic hydroxyl groups is 2. The maximum absolute atomic E-state index is 10.9. The molecule has 122 valence electrons. The molecule has 0 aromatic rings. The molecule has 2 aliphatic heterocycles. The Bertz CT molecular complexity index is 347. The molecule has 0 aliphatic carbocycles. The highest BCUT2D eigenvalue weighted by Crippen LogP contribution is 2.21. The van der Waals surface area contributed by atoms with Gasteiger partial charge in [-0.3, -0.25) is 14.6 Å². The van der Waals surface area contributed by atoms with E-state index in [0.717, 1.165) is 32.5 Å². The Hall–Kier alpha value is -0.730. The summed E-state index contributed by atoms with van der Waals surface area (Å²) in [5.74, 6) is 0.257. The fraction of sp³-hybridized carbons (Fsp3) is 0.929. The van der Waals surface area contributed by atoms with Crippen LogP contribution in [0.3, 0.4) is 0 Å². The van der Waals surface area contributed by atoms with Crippen LogP contribution in [-0.4, -0.2) is 90.6 Å². The molecule has 0 spiro atoms. The van der Waals surface area contributed by atoms with Crippen molar-refractivity contribution in [1.82, 2.24) is 9.80 Å². The van der Waals surface area contributed by atoms with Crippen molar-refractivity contribution in [2.24, 2.45) is 11.7 Å². The van der Waals surface area contributed by atoms with Crippen LogP contribution in [0.2, 0.25) is 0 Å². The first-order valence-electron chi connectivity index (χ1n) is 7.62. The molecule has 0 aromatic carbocycles. The van der Waals surface area contributed by atoms with Crippen LogP contribution in [0.1, 0.15) is 12.8 Å². The number of likely N-dealkylation sites (tertiary alicyclic amines) is 1. The molecule has 1 amide bonds. The van der Waals surface area contributed by atoms with Crippen molar-refractivity contribution in [3.8, 4) is 0 Å². The number of hydrogen-bond donors (Lipinski definition) is 3. The molecule has 4 N–H and O–H groups in total. The summed E-state index contributed by atoms with van der Waals surface area (Å²) in [6, 6.07) is -0.155. The van der Waals surface area contributed by atoms with Crippen molar-refractivity contribution in [3.05, 3.63) is 0 Å². The summed E-state index contributed by atoms with van der Waals surface area (Å²) in [5.41, 5.74) is 5.21. The van der Waals surface area contributed by atoms with E-state index in [2.05, 4.69) is 9.80 Å². The van der Waals surface area contributed by atoms with Gasteiger partial charge in [0.05, 0.1) is 31.9 Å². The fourth-order valence-electron chi connectivity index (χ4n) is 3.24. The smallest absolute Gasteiger partial charge is 0.231 e. The molecule has 0 aromatic heterocycles. The van der Waals surface area contributed by atoms with E-state index in [4.69, 9.17) is 10.5 Å². The third kappa shape index (κ3) is 4.62. The van der Waals surface area contributed by atoms with Crippen molar-refractivity contribution in [2.45, 2.75) is 31.1 Å². The Kier molecular flexibility index (Phi) is 5.95. The second-order valence-corrected chi connectivity index (χ2v) is 6.29. The predicted octanol–water partition coefficient (Wildman–Crippen LogP) is -1.76. The van der Waals surface area contributed by atoms with E-state index in [1.165, 1.54) is 0 Å². The lowest BCUT2D eigenvalue weighted by Crippen LogP contribution is -2.56. The molecule has 2 heterocycles. The number of hydrogen-bond acceptors (Lipinski definition) is 6. The number of ether oxygens (including phenoxy) is 1. The zero-order chi connectivity index (χ0) is 15.4. The molecular weight excluding hydrogens is 274 g/mol. The van der Waals surface area contributed by atoms with Gasteiger partial charge in [-0.1, -0.05) is 0 Å². The van der Waals surface area contributed by atoms with Gasteiger partial charge in [-0.2, -0.15) is 0 Å². The Morgan fingerprint density at radius 3 is 2.62 bits per heavy atom. The van der Waals surface area contributed by atoms with Gasteiger partial charge in [0.1, 0.15) is 6.10 Å². The average Bonchev–Trinajstić information content (AvgIpc) is 2.43. The quantitative estimate of drug-likeness (QED) is 0.556. The molecule has 2 rings (SSSR count). The number of carbonyl (C=O) groups excluding carboxylic acids is 1. The van der Waals surface area contributed by atoms with Gasteiger partial charge in [-0.15, -0.1) is 0 Å². The number of nitrogens with zero attached hydrogens (tertiary/aromatic N) is 2. The lowest BCUT2D eigenvalue weighted by molar-refractivity contribution is -0.130. The number of rotatable bonds is 5. The summed E-state index contributed by atoms with van der Waals surface area (Å²) in [5, 5.41) is 19.7. The summed E-state index contributed by atoms with van der Waals surface area (Å²) in [6.45, 7) is 3.62. The molecule has 0 bridgehead atoms. The highest BCUT2D eigenvalue weighted by Gasteiger charge is 2.35. The Morgan fingerprint density at radius 2 is 2.00 bits per heavy atom. The van der Waals surface area contributed by atoms with E-state index < -0.39 is 12.2 Å². The highest BCUT2D eigenvalue weighted by atomic mass is 16.5. The number of aliphatic hydroxyl groups excluding tert-OH is 2. The van der Waals surface area contributed by atoms with E-state index in [9.17, 15) is 15.0 Å². The lowest BCUT2D eigenvalue weighted by atomic mass is 9.94. The van der Waals surface area contributed by atoms with Crippen LogP contribution >= 0.6 is 0 Å². The van der Waals surface area contributed by atoms with Gasteiger partial charge in [0.2, 0.25) is 5.91 Å². The number of piperidine rings is 1. The van der Waals surface area contributed by atoms with E-state index >= 15 is 0 Å². The van der Waals surface area contributed by atoms with Crippen LogP contribution in [-0.2, 0) is 9.53 Å². The van der Waals surface area contributed by atoms with Gasteiger partial charge in [0.15, 0.2) is 0 Å². The average molecular weight is 301 g/mol. The number of amides is 1. The summed E-state index contributed by atoms with van der Waals surface area (Å²) < 4.78 is 5.32. The molecule has 2 fully saturated rings. The maximum Gasteiger partial charge on any atom is 0.231 e. The minimum atomic E-state index is -0.802. The number of likely N-dealkylation sites (N-methyl/N-ethyl adjacent to an activating group) is 1. The normalized spacial score (nSPS) is 32.5. The Balaban J connectivity index is 1.76. The number of carbonyl (C=O) groups is 1. The van der Waals surface area contributed by atoms with Crippen molar-refractivity contribution in [3.63, 3.8) is 0 Å². The lowest BCUT2D eigenvalue weighted by Gasteiger charge is -2.40. The largest absolute Gasteiger partial charge is 0.389 e. The van der Waals surface area contributed by atoms with Gasteiger partial charge >= 0.3 is 0 Å². The third-order valence-corrected chi connectivity index (χ3v) is 4.56. The minimum Gasteiger partial charge on any atom is -0.389 e. The second kappa shape index (κ2) is 7.51. The molecule has 2 aliphatic rings. The zero-order valence-corrected chi connectivity index (χ0v) is 12.6. The Labute approximate surface area is 125 Å². The first-order valence-corrected chi connectivity index (χ1v) is 7.62. The molecule has 7 heteroatoms. The van der Waals surface area contributed by atoms with Crippen molar-refractivity contribution in [1.29, 1.82) is 0 Å². The van der Waals surface area contributed by atoms with Crippen LogP contribution in [0.15, 0.2) is 0 Å². The molecule has 2 saturated heterocycles.